The van der Waals surface area contributed by atoms with Crippen LogP contribution in [0.1, 0.15) is 11.1 Å². The quantitative estimate of drug-likeness (QED) is 0.457. The highest BCUT2D eigenvalue weighted by atomic mass is 16.5. The number of ether oxygens (including phenoxy) is 4. The SMILES string of the molecule is Oc1cccc(CN2CCOCCOCCN(Cc3cccc(O)c3O)CCOCCOCC2)c1O. The molecule has 36 heavy (non-hydrogen) atoms. The van der Waals surface area contributed by atoms with Crippen LogP contribution in [0.3, 0.4) is 0 Å². The molecule has 0 spiro atoms. The van der Waals surface area contributed by atoms with E-state index in [1.807, 2.05) is 0 Å². The minimum atomic E-state index is -0.132. The zero-order valence-corrected chi connectivity index (χ0v) is 20.7. The number of aromatic hydroxyl groups is 4. The summed E-state index contributed by atoms with van der Waals surface area (Å²) < 4.78 is 23.0. The molecule has 2 aromatic carbocycles. The van der Waals surface area contributed by atoms with E-state index in [1.54, 1.807) is 24.3 Å². The molecule has 1 fully saturated rings. The van der Waals surface area contributed by atoms with Gasteiger partial charge in [-0.15, -0.1) is 0 Å². The van der Waals surface area contributed by atoms with Crippen LogP contribution in [-0.4, -0.2) is 109 Å². The third-order valence-electron chi connectivity index (χ3n) is 5.94. The van der Waals surface area contributed by atoms with E-state index in [2.05, 4.69) is 9.80 Å². The van der Waals surface area contributed by atoms with Gasteiger partial charge in [0, 0.05) is 50.4 Å². The van der Waals surface area contributed by atoms with Gasteiger partial charge in [-0.2, -0.15) is 0 Å². The smallest absolute Gasteiger partial charge is 0.161 e. The highest BCUT2D eigenvalue weighted by Gasteiger charge is 2.13. The lowest BCUT2D eigenvalue weighted by atomic mass is 10.1. The van der Waals surface area contributed by atoms with E-state index in [-0.39, 0.29) is 23.0 Å². The Morgan fingerprint density at radius 3 is 1.17 bits per heavy atom. The van der Waals surface area contributed by atoms with Crippen LogP contribution in [0.2, 0.25) is 0 Å². The van der Waals surface area contributed by atoms with Gasteiger partial charge in [-0.1, -0.05) is 24.3 Å². The summed E-state index contributed by atoms with van der Waals surface area (Å²) in [6, 6.07) is 9.91. The number of phenols is 4. The molecule has 1 aliphatic rings. The number of para-hydroxylation sites is 2. The van der Waals surface area contributed by atoms with Gasteiger partial charge in [-0.05, 0) is 12.1 Å². The summed E-state index contributed by atoms with van der Waals surface area (Å²) in [6.07, 6.45) is 0. The normalized spacial score (nSPS) is 18.9. The van der Waals surface area contributed by atoms with E-state index in [0.29, 0.717) is 103 Å². The zero-order valence-electron chi connectivity index (χ0n) is 20.7. The molecule has 0 bridgehead atoms. The summed E-state index contributed by atoms with van der Waals surface area (Å²) in [5, 5.41) is 39.8. The lowest BCUT2D eigenvalue weighted by Crippen LogP contribution is -2.32. The molecule has 0 amide bonds. The third-order valence-corrected chi connectivity index (χ3v) is 5.94. The Morgan fingerprint density at radius 2 is 0.833 bits per heavy atom. The van der Waals surface area contributed by atoms with Crippen molar-refractivity contribution in [2.45, 2.75) is 13.1 Å². The highest BCUT2D eigenvalue weighted by molar-refractivity contribution is 5.44. The monoisotopic (exact) mass is 506 g/mol. The van der Waals surface area contributed by atoms with E-state index >= 15 is 0 Å². The fourth-order valence-electron chi connectivity index (χ4n) is 3.85. The van der Waals surface area contributed by atoms with Crippen LogP contribution in [0, 0.1) is 0 Å². The van der Waals surface area contributed by atoms with Crippen molar-refractivity contribution >= 4 is 0 Å². The Kier molecular flexibility index (Phi) is 12.0. The number of hydrogen-bond acceptors (Lipinski definition) is 10. The van der Waals surface area contributed by atoms with Gasteiger partial charge in [0.25, 0.3) is 0 Å². The number of nitrogens with zero attached hydrogens (tertiary/aromatic N) is 2. The highest BCUT2D eigenvalue weighted by Crippen LogP contribution is 2.30. The maximum atomic E-state index is 10.1. The molecule has 1 saturated heterocycles. The molecule has 3 rings (SSSR count). The van der Waals surface area contributed by atoms with Gasteiger partial charge in [0.05, 0.1) is 52.9 Å². The molecule has 1 heterocycles. The van der Waals surface area contributed by atoms with Crippen molar-refractivity contribution in [3.63, 3.8) is 0 Å². The van der Waals surface area contributed by atoms with Gasteiger partial charge in [0.15, 0.2) is 23.0 Å². The topological polar surface area (TPSA) is 124 Å². The lowest BCUT2D eigenvalue weighted by Gasteiger charge is -2.24. The maximum Gasteiger partial charge on any atom is 0.161 e. The van der Waals surface area contributed by atoms with Crippen molar-refractivity contribution in [1.82, 2.24) is 9.80 Å². The molecule has 200 valence electrons. The van der Waals surface area contributed by atoms with Crippen LogP contribution in [0.4, 0.5) is 0 Å². The van der Waals surface area contributed by atoms with Crippen molar-refractivity contribution in [3.8, 4) is 23.0 Å². The molecule has 2 aromatic rings. The van der Waals surface area contributed by atoms with Crippen molar-refractivity contribution < 1.29 is 39.4 Å². The molecule has 0 aromatic heterocycles. The molecule has 10 nitrogen and oxygen atoms in total. The van der Waals surface area contributed by atoms with E-state index in [0.717, 1.165) is 0 Å². The first-order chi connectivity index (χ1) is 17.5. The molecule has 0 radical (unpaired) electrons. The molecule has 10 heteroatoms. The summed E-state index contributed by atoms with van der Waals surface area (Å²) in [6.45, 7) is 7.27. The predicted octanol–water partition coefficient (Wildman–Crippen LogP) is 1.89. The summed E-state index contributed by atoms with van der Waals surface area (Å²) >= 11 is 0. The van der Waals surface area contributed by atoms with Gasteiger partial charge < -0.3 is 39.4 Å². The Morgan fingerprint density at radius 1 is 0.500 bits per heavy atom. The van der Waals surface area contributed by atoms with E-state index < -0.39 is 0 Å². The molecular formula is C26H38N2O8. The van der Waals surface area contributed by atoms with Crippen LogP contribution < -0.4 is 0 Å². The van der Waals surface area contributed by atoms with Crippen molar-refractivity contribution in [2.24, 2.45) is 0 Å². The molecule has 0 unspecified atom stereocenters. The van der Waals surface area contributed by atoms with Crippen molar-refractivity contribution in [2.75, 3.05) is 79.0 Å². The number of rotatable bonds is 4. The molecule has 0 atom stereocenters. The summed E-state index contributed by atoms with van der Waals surface area (Å²) in [5.41, 5.74) is 1.29. The Labute approximate surface area is 212 Å². The van der Waals surface area contributed by atoms with E-state index in [4.69, 9.17) is 18.9 Å². The zero-order chi connectivity index (χ0) is 25.6. The summed E-state index contributed by atoms with van der Waals surface area (Å²) in [5.74, 6) is -0.469. The Bertz CT molecular complexity index is 820. The van der Waals surface area contributed by atoms with Crippen LogP contribution in [0.15, 0.2) is 36.4 Å². The molecule has 0 saturated carbocycles. The van der Waals surface area contributed by atoms with Gasteiger partial charge in [0.1, 0.15) is 0 Å². The average Bonchev–Trinajstić information content (AvgIpc) is 2.86. The lowest BCUT2D eigenvalue weighted by molar-refractivity contribution is 0.00610. The van der Waals surface area contributed by atoms with Gasteiger partial charge >= 0.3 is 0 Å². The predicted molar refractivity (Wildman–Crippen MR) is 133 cm³/mol. The molecule has 4 N–H and O–H groups in total. The average molecular weight is 507 g/mol. The second kappa shape index (κ2) is 15.5. The Hall–Kier alpha value is -2.60. The maximum absolute atomic E-state index is 10.1. The van der Waals surface area contributed by atoms with Gasteiger partial charge in [0.2, 0.25) is 0 Å². The second-order valence-electron chi connectivity index (χ2n) is 8.57. The molecular weight excluding hydrogens is 468 g/mol. The fraction of sp³-hybridized carbons (Fsp3) is 0.538. The molecule has 1 aliphatic heterocycles. The third kappa shape index (κ3) is 9.45. The van der Waals surface area contributed by atoms with Gasteiger partial charge in [-0.25, -0.2) is 0 Å². The largest absolute Gasteiger partial charge is 0.504 e. The van der Waals surface area contributed by atoms with Crippen LogP contribution in [-0.2, 0) is 32.0 Å². The Balaban J connectivity index is 1.49. The van der Waals surface area contributed by atoms with Crippen LogP contribution in [0.25, 0.3) is 0 Å². The van der Waals surface area contributed by atoms with E-state index in [9.17, 15) is 20.4 Å². The van der Waals surface area contributed by atoms with E-state index in [1.165, 1.54) is 12.1 Å². The fourth-order valence-corrected chi connectivity index (χ4v) is 3.85. The minimum Gasteiger partial charge on any atom is -0.504 e. The van der Waals surface area contributed by atoms with Crippen LogP contribution >= 0.6 is 0 Å². The van der Waals surface area contributed by atoms with Crippen molar-refractivity contribution in [3.05, 3.63) is 47.5 Å². The first-order valence-corrected chi connectivity index (χ1v) is 12.3. The first-order valence-electron chi connectivity index (χ1n) is 12.3. The van der Waals surface area contributed by atoms with Gasteiger partial charge in [-0.3, -0.25) is 9.80 Å². The minimum absolute atomic E-state index is 0.103. The summed E-state index contributed by atoms with van der Waals surface area (Å²) in [7, 11) is 0. The van der Waals surface area contributed by atoms with Crippen molar-refractivity contribution in [1.29, 1.82) is 0 Å². The number of benzene rings is 2. The number of phenolic OH excluding ortho intramolecular Hbond substituents is 4. The standard InChI is InChI=1S/C26H38N2O8/c29-23-5-1-3-21(25(23)31)19-27-7-11-33-15-17-35-13-9-28(10-14-36-18-16-34-12-8-27)20-22-4-2-6-24(30)26(22)32/h1-6,29-32H,7-20H2. The number of hydrogen-bond donors (Lipinski definition) is 4. The van der Waals surface area contributed by atoms with Crippen LogP contribution in [0.5, 0.6) is 23.0 Å². The molecule has 0 aliphatic carbocycles. The first kappa shape index (κ1) is 28.0. The second-order valence-corrected chi connectivity index (χ2v) is 8.57. The summed E-state index contributed by atoms with van der Waals surface area (Å²) in [4.78, 5) is 4.21.